The van der Waals surface area contributed by atoms with Crippen molar-refractivity contribution in [3.05, 3.63) is 70.3 Å². The van der Waals surface area contributed by atoms with E-state index in [1.807, 2.05) is 12.1 Å². The molecule has 0 aliphatic carbocycles. The molecule has 2 aromatic carbocycles. The lowest BCUT2D eigenvalue weighted by Crippen LogP contribution is -2.32. The molecule has 2 aliphatic heterocycles. The molecule has 4 rings (SSSR count). The zero-order valence-corrected chi connectivity index (χ0v) is 16.3. The van der Waals surface area contributed by atoms with E-state index < -0.39 is 5.91 Å². The van der Waals surface area contributed by atoms with Gasteiger partial charge >= 0.3 is 0 Å². The van der Waals surface area contributed by atoms with E-state index in [9.17, 15) is 4.79 Å². The lowest BCUT2D eigenvalue weighted by atomic mass is 9.89. The van der Waals surface area contributed by atoms with E-state index in [1.165, 1.54) is 35.1 Å². The molecule has 0 radical (unpaired) electrons. The number of benzene rings is 2. The molecule has 0 atom stereocenters. The molecule has 0 unspecified atom stereocenters. The lowest BCUT2D eigenvalue weighted by molar-refractivity contribution is 0.0706. The summed E-state index contributed by atoms with van der Waals surface area (Å²) in [4.78, 5) is 14.1. The van der Waals surface area contributed by atoms with Crippen molar-refractivity contribution in [2.24, 2.45) is 0 Å². The van der Waals surface area contributed by atoms with Gasteiger partial charge in [-0.25, -0.2) is 5.48 Å². The smallest absolute Gasteiger partial charge is 0.274 e. The zero-order chi connectivity index (χ0) is 19.3. The molecule has 0 spiro atoms. The predicted octanol–water partition coefficient (Wildman–Crippen LogP) is 2.87. The number of hydrogen-bond acceptors (Lipinski definition) is 4. The van der Waals surface area contributed by atoms with Crippen LogP contribution in [-0.2, 0) is 19.4 Å². The molecule has 5 heteroatoms. The molecular weight excluding hydrogens is 350 g/mol. The minimum absolute atomic E-state index is 0.446. The van der Waals surface area contributed by atoms with Gasteiger partial charge in [0, 0.05) is 25.2 Å². The normalized spacial score (nSPS) is 17.9. The van der Waals surface area contributed by atoms with Crippen molar-refractivity contribution in [2.45, 2.75) is 38.1 Å². The van der Waals surface area contributed by atoms with Gasteiger partial charge in [0.25, 0.3) is 5.91 Å². The molecule has 3 N–H and O–H groups in total. The van der Waals surface area contributed by atoms with E-state index in [4.69, 9.17) is 5.21 Å². The number of fused-ring (bicyclic) bond motifs is 1. The molecule has 148 valence electrons. The fourth-order valence-corrected chi connectivity index (χ4v) is 4.41. The van der Waals surface area contributed by atoms with Crippen molar-refractivity contribution in [3.63, 3.8) is 0 Å². The third-order valence-corrected chi connectivity index (χ3v) is 6.17. The second-order valence-corrected chi connectivity index (χ2v) is 7.97. The Labute approximate surface area is 166 Å². The van der Waals surface area contributed by atoms with Gasteiger partial charge in [-0.2, -0.15) is 0 Å². The van der Waals surface area contributed by atoms with Gasteiger partial charge in [-0.3, -0.25) is 14.9 Å². The number of hydrogen-bond donors (Lipinski definition) is 3. The first-order chi connectivity index (χ1) is 13.7. The van der Waals surface area contributed by atoms with Gasteiger partial charge in [0.05, 0.1) is 0 Å². The number of piperidine rings is 1. The molecule has 28 heavy (non-hydrogen) atoms. The third kappa shape index (κ3) is 4.43. The summed E-state index contributed by atoms with van der Waals surface area (Å²) in [6.45, 7) is 5.24. The van der Waals surface area contributed by atoms with Crippen molar-refractivity contribution in [2.75, 3.05) is 26.2 Å². The number of nitrogens with zero attached hydrogens (tertiary/aromatic N) is 1. The molecule has 2 aliphatic rings. The molecule has 0 saturated carbocycles. The number of carbonyl (C=O) groups excluding carboxylic acids is 1. The van der Waals surface area contributed by atoms with Crippen LogP contribution >= 0.6 is 0 Å². The number of rotatable bonds is 5. The Kier molecular flexibility index (Phi) is 6.05. The molecule has 1 amide bonds. The van der Waals surface area contributed by atoms with Crippen LogP contribution in [0.25, 0.3) is 0 Å². The number of amides is 1. The first kappa shape index (κ1) is 19.1. The number of nitrogens with one attached hydrogen (secondary N) is 2. The monoisotopic (exact) mass is 379 g/mol. The van der Waals surface area contributed by atoms with Crippen LogP contribution in [-0.4, -0.2) is 42.2 Å². The summed E-state index contributed by atoms with van der Waals surface area (Å²) < 4.78 is 0. The summed E-state index contributed by atoms with van der Waals surface area (Å²) in [5.41, 5.74) is 7.60. The van der Waals surface area contributed by atoms with E-state index in [2.05, 4.69) is 34.5 Å². The second kappa shape index (κ2) is 8.86. The maximum Gasteiger partial charge on any atom is 0.274 e. The van der Waals surface area contributed by atoms with E-state index >= 15 is 0 Å². The van der Waals surface area contributed by atoms with E-state index in [0.29, 0.717) is 11.5 Å². The van der Waals surface area contributed by atoms with Crippen molar-refractivity contribution in [3.8, 4) is 0 Å². The summed E-state index contributed by atoms with van der Waals surface area (Å²) in [5, 5.41) is 12.2. The maximum atomic E-state index is 11.6. The molecule has 1 fully saturated rings. The summed E-state index contributed by atoms with van der Waals surface area (Å²) in [5.74, 6) is 0.268. The van der Waals surface area contributed by atoms with E-state index in [-0.39, 0.29) is 0 Å². The summed E-state index contributed by atoms with van der Waals surface area (Å²) in [6, 6.07) is 14.9. The standard InChI is InChI=1S/C23H29N3O2/c27-23(25-28)21-5-6-22-16-26(14-10-20(22)15-21)13-9-17-1-3-18(4-2-17)19-7-11-24-12-8-19/h1-6,15,19,24,28H,7-14,16H2,(H,25,27). The van der Waals surface area contributed by atoms with Crippen molar-refractivity contribution in [1.82, 2.24) is 15.7 Å². The van der Waals surface area contributed by atoms with Crippen LogP contribution < -0.4 is 10.8 Å². The average Bonchev–Trinajstić information content (AvgIpc) is 2.77. The highest BCUT2D eigenvalue weighted by molar-refractivity contribution is 5.93. The highest BCUT2D eigenvalue weighted by Crippen LogP contribution is 2.25. The highest BCUT2D eigenvalue weighted by atomic mass is 16.5. The molecule has 2 heterocycles. The fourth-order valence-electron chi connectivity index (χ4n) is 4.41. The van der Waals surface area contributed by atoms with Gasteiger partial charge in [-0.15, -0.1) is 0 Å². The summed E-state index contributed by atoms with van der Waals surface area (Å²) >= 11 is 0. The third-order valence-electron chi connectivity index (χ3n) is 6.17. The Balaban J connectivity index is 1.31. The fraction of sp³-hybridized carbons (Fsp3) is 0.435. The van der Waals surface area contributed by atoms with Crippen LogP contribution in [0.1, 0.15) is 51.4 Å². The quantitative estimate of drug-likeness (QED) is 0.552. The van der Waals surface area contributed by atoms with Crippen LogP contribution in [0.15, 0.2) is 42.5 Å². The molecule has 0 aromatic heterocycles. The lowest BCUT2D eigenvalue weighted by Gasteiger charge is -2.29. The van der Waals surface area contributed by atoms with Gasteiger partial charge < -0.3 is 5.32 Å². The van der Waals surface area contributed by atoms with Crippen molar-refractivity contribution < 1.29 is 10.0 Å². The number of hydroxylamine groups is 1. The molecule has 2 aromatic rings. The van der Waals surface area contributed by atoms with Crippen LogP contribution in [0.2, 0.25) is 0 Å². The van der Waals surface area contributed by atoms with Gasteiger partial charge in [0.15, 0.2) is 0 Å². The van der Waals surface area contributed by atoms with E-state index in [1.54, 1.807) is 11.5 Å². The first-order valence-electron chi connectivity index (χ1n) is 10.3. The summed E-state index contributed by atoms with van der Waals surface area (Å²) in [7, 11) is 0. The molecule has 1 saturated heterocycles. The Morgan fingerprint density at radius 1 is 1.11 bits per heavy atom. The van der Waals surface area contributed by atoms with Crippen LogP contribution in [0.3, 0.4) is 0 Å². The maximum absolute atomic E-state index is 11.6. The minimum Gasteiger partial charge on any atom is -0.317 e. The zero-order valence-electron chi connectivity index (χ0n) is 16.3. The van der Waals surface area contributed by atoms with Crippen molar-refractivity contribution in [1.29, 1.82) is 0 Å². The van der Waals surface area contributed by atoms with Crippen LogP contribution in [0.5, 0.6) is 0 Å². The Morgan fingerprint density at radius 2 is 1.89 bits per heavy atom. The molecule has 5 nitrogen and oxygen atoms in total. The van der Waals surface area contributed by atoms with Gasteiger partial charge in [0.1, 0.15) is 0 Å². The summed E-state index contributed by atoms with van der Waals surface area (Å²) in [6.07, 6.45) is 4.49. The SMILES string of the molecule is O=C(NO)c1ccc2c(c1)CCN(CCc1ccc(C3CCNCC3)cc1)C2. The predicted molar refractivity (Wildman–Crippen MR) is 110 cm³/mol. The van der Waals surface area contributed by atoms with Crippen LogP contribution in [0.4, 0.5) is 0 Å². The molecular formula is C23H29N3O2. The van der Waals surface area contributed by atoms with Crippen molar-refractivity contribution >= 4 is 5.91 Å². The highest BCUT2D eigenvalue weighted by Gasteiger charge is 2.18. The average molecular weight is 380 g/mol. The minimum atomic E-state index is -0.446. The Morgan fingerprint density at radius 3 is 2.64 bits per heavy atom. The van der Waals surface area contributed by atoms with Gasteiger partial charge in [-0.1, -0.05) is 30.3 Å². The Bertz CT molecular complexity index is 813. The first-order valence-corrected chi connectivity index (χ1v) is 10.3. The van der Waals surface area contributed by atoms with Crippen LogP contribution in [0, 0.1) is 0 Å². The van der Waals surface area contributed by atoms with Gasteiger partial charge in [0.2, 0.25) is 0 Å². The molecule has 0 bridgehead atoms. The van der Waals surface area contributed by atoms with E-state index in [0.717, 1.165) is 45.6 Å². The Hall–Kier alpha value is -2.21. The largest absolute Gasteiger partial charge is 0.317 e. The number of carbonyl (C=O) groups is 1. The van der Waals surface area contributed by atoms with Gasteiger partial charge in [-0.05, 0) is 79.1 Å². The topological polar surface area (TPSA) is 64.6 Å². The second-order valence-electron chi connectivity index (χ2n) is 7.97.